The summed E-state index contributed by atoms with van der Waals surface area (Å²) in [6.07, 6.45) is 0.343. The average Bonchev–Trinajstić information content (AvgIpc) is 2.87. The van der Waals surface area contributed by atoms with E-state index in [1.165, 1.54) is 43.0 Å². The van der Waals surface area contributed by atoms with Crippen molar-refractivity contribution in [3.63, 3.8) is 0 Å². The second-order valence-corrected chi connectivity index (χ2v) is 6.21. The van der Waals surface area contributed by atoms with Crippen LogP contribution in [0.15, 0.2) is 24.3 Å². The molecule has 7 heteroatoms. The molecule has 1 aromatic rings. The number of hydrogen-bond acceptors (Lipinski definition) is 3. The van der Waals surface area contributed by atoms with E-state index in [1.807, 2.05) is 0 Å². The second kappa shape index (κ2) is 6.36. The molecule has 23 heavy (non-hydrogen) atoms. The van der Waals surface area contributed by atoms with Crippen LogP contribution in [0.3, 0.4) is 0 Å². The monoisotopic (exact) mass is 322 g/mol. The molecule has 0 aliphatic carbocycles. The van der Waals surface area contributed by atoms with Gasteiger partial charge < -0.3 is 15.3 Å². The maximum Gasteiger partial charge on any atom is 0.310 e. The molecule has 0 spiro atoms. The number of nitrogens with one attached hydrogen (secondary N) is 1. The fourth-order valence-corrected chi connectivity index (χ4v) is 2.31. The zero-order valence-electron chi connectivity index (χ0n) is 13.0. The SMILES string of the molecule is CC(C)(CNC(=O)C1CCN(c2ccc(F)cc2)C1=O)C(=O)O. The highest BCUT2D eigenvalue weighted by atomic mass is 19.1. The second-order valence-electron chi connectivity index (χ2n) is 6.21. The molecule has 2 rings (SSSR count). The Morgan fingerprint density at radius 3 is 2.52 bits per heavy atom. The van der Waals surface area contributed by atoms with Crippen molar-refractivity contribution in [3.05, 3.63) is 30.1 Å². The van der Waals surface area contributed by atoms with Gasteiger partial charge in [0.05, 0.1) is 5.41 Å². The minimum Gasteiger partial charge on any atom is -0.481 e. The molecule has 1 fully saturated rings. The van der Waals surface area contributed by atoms with Crippen LogP contribution >= 0.6 is 0 Å². The van der Waals surface area contributed by atoms with Crippen LogP contribution in [0.25, 0.3) is 0 Å². The zero-order valence-corrected chi connectivity index (χ0v) is 13.0. The number of aliphatic carboxylic acids is 1. The van der Waals surface area contributed by atoms with E-state index in [-0.39, 0.29) is 12.5 Å². The van der Waals surface area contributed by atoms with E-state index >= 15 is 0 Å². The van der Waals surface area contributed by atoms with Crippen molar-refractivity contribution in [2.75, 3.05) is 18.0 Å². The van der Waals surface area contributed by atoms with E-state index in [4.69, 9.17) is 5.11 Å². The summed E-state index contributed by atoms with van der Waals surface area (Å²) in [5.74, 6) is -3.10. The summed E-state index contributed by atoms with van der Waals surface area (Å²) in [7, 11) is 0. The van der Waals surface area contributed by atoms with Gasteiger partial charge in [0.25, 0.3) is 0 Å². The molecular formula is C16H19FN2O4. The van der Waals surface area contributed by atoms with Gasteiger partial charge in [-0.1, -0.05) is 0 Å². The lowest BCUT2D eigenvalue weighted by atomic mass is 9.93. The number of anilines is 1. The van der Waals surface area contributed by atoms with Gasteiger partial charge in [0.2, 0.25) is 11.8 Å². The maximum atomic E-state index is 12.9. The quantitative estimate of drug-likeness (QED) is 0.803. The minimum atomic E-state index is -1.10. The smallest absolute Gasteiger partial charge is 0.310 e. The molecule has 0 saturated carbocycles. The molecule has 1 aromatic carbocycles. The first-order valence-electron chi connectivity index (χ1n) is 7.30. The first kappa shape index (κ1) is 16.9. The van der Waals surface area contributed by atoms with Gasteiger partial charge in [0.15, 0.2) is 0 Å². The predicted octanol–water partition coefficient (Wildman–Crippen LogP) is 1.41. The number of benzene rings is 1. The Balaban J connectivity index is 2.00. The summed E-state index contributed by atoms with van der Waals surface area (Å²) in [6, 6.07) is 5.49. The van der Waals surface area contributed by atoms with Crippen molar-refractivity contribution in [1.82, 2.24) is 5.32 Å². The summed E-state index contributed by atoms with van der Waals surface area (Å²) >= 11 is 0. The molecule has 1 unspecified atom stereocenters. The summed E-state index contributed by atoms with van der Waals surface area (Å²) in [5.41, 5.74) is -0.564. The largest absolute Gasteiger partial charge is 0.481 e. The van der Waals surface area contributed by atoms with E-state index in [2.05, 4.69) is 5.32 Å². The number of carbonyl (C=O) groups is 3. The Labute approximate surface area is 133 Å². The van der Waals surface area contributed by atoms with Gasteiger partial charge in [0.1, 0.15) is 11.7 Å². The molecule has 1 aliphatic rings. The molecule has 2 N–H and O–H groups in total. The number of rotatable bonds is 5. The molecule has 0 bridgehead atoms. The number of halogens is 1. The van der Waals surface area contributed by atoms with Crippen LogP contribution in [-0.2, 0) is 14.4 Å². The van der Waals surface area contributed by atoms with Crippen molar-refractivity contribution in [2.24, 2.45) is 11.3 Å². The van der Waals surface area contributed by atoms with Crippen LogP contribution in [0.4, 0.5) is 10.1 Å². The lowest BCUT2D eigenvalue weighted by molar-refractivity contribution is -0.146. The minimum absolute atomic E-state index is 0.0541. The molecule has 6 nitrogen and oxygen atoms in total. The molecule has 1 saturated heterocycles. The third kappa shape index (κ3) is 3.67. The third-order valence-electron chi connectivity index (χ3n) is 3.94. The van der Waals surface area contributed by atoms with Gasteiger partial charge in [-0.2, -0.15) is 0 Å². The molecule has 2 amide bonds. The molecule has 1 atom stereocenters. The van der Waals surface area contributed by atoms with Crippen LogP contribution in [-0.4, -0.2) is 36.0 Å². The highest BCUT2D eigenvalue weighted by molar-refractivity contribution is 6.09. The fraction of sp³-hybridized carbons (Fsp3) is 0.438. The Morgan fingerprint density at radius 1 is 1.35 bits per heavy atom. The molecular weight excluding hydrogens is 303 g/mol. The molecule has 0 radical (unpaired) electrons. The van der Waals surface area contributed by atoms with Crippen LogP contribution in [0.5, 0.6) is 0 Å². The fourth-order valence-electron chi connectivity index (χ4n) is 2.31. The Kier molecular flexibility index (Phi) is 4.68. The number of carboxylic acid groups (broad SMARTS) is 1. The Hall–Kier alpha value is -2.44. The van der Waals surface area contributed by atoms with Gasteiger partial charge >= 0.3 is 5.97 Å². The van der Waals surface area contributed by atoms with Crippen LogP contribution < -0.4 is 10.2 Å². The van der Waals surface area contributed by atoms with E-state index in [1.54, 1.807) is 0 Å². The highest BCUT2D eigenvalue weighted by Crippen LogP contribution is 2.25. The lowest BCUT2D eigenvalue weighted by Gasteiger charge is -2.21. The van der Waals surface area contributed by atoms with E-state index in [0.29, 0.717) is 18.7 Å². The van der Waals surface area contributed by atoms with Crippen molar-refractivity contribution in [2.45, 2.75) is 20.3 Å². The number of hydrogen-bond donors (Lipinski definition) is 2. The van der Waals surface area contributed by atoms with Crippen molar-refractivity contribution >= 4 is 23.5 Å². The van der Waals surface area contributed by atoms with Gasteiger partial charge in [-0.25, -0.2) is 4.39 Å². The highest BCUT2D eigenvalue weighted by Gasteiger charge is 2.38. The lowest BCUT2D eigenvalue weighted by Crippen LogP contribution is -2.43. The number of carboxylic acids is 1. The van der Waals surface area contributed by atoms with Gasteiger partial charge in [-0.15, -0.1) is 0 Å². The molecule has 1 aliphatic heterocycles. The summed E-state index contributed by atoms with van der Waals surface area (Å²) in [6.45, 7) is 3.31. The third-order valence-corrected chi connectivity index (χ3v) is 3.94. The number of amides is 2. The summed E-state index contributed by atoms with van der Waals surface area (Å²) in [4.78, 5) is 37.0. The van der Waals surface area contributed by atoms with E-state index in [9.17, 15) is 18.8 Å². The van der Waals surface area contributed by atoms with E-state index < -0.39 is 29.0 Å². The van der Waals surface area contributed by atoms with Crippen molar-refractivity contribution in [1.29, 1.82) is 0 Å². The van der Waals surface area contributed by atoms with Crippen LogP contribution in [0.1, 0.15) is 20.3 Å². The average molecular weight is 322 g/mol. The van der Waals surface area contributed by atoms with Crippen molar-refractivity contribution < 1.29 is 23.9 Å². The van der Waals surface area contributed by atoms with Gasteiger partial charge in [0, 0.05) is 18.8 Å². The topological polar surface area (TPSA) is 86.7 Å². The van der Waals surface area contributed by atoms with Gasteiger partial charge in [-0.05, 0) is 44.5 Å². The number of carbonyl (C=O) groups excluding carboxylic acids is 2. The molecule has 1 heterocycles. The van der Waals surface area contributed by atoms with Crippen LogP contribution in [0.2, 0.25) is 0 Å². The van der Waals surface area contributed by atoms with E-state index in [0.717, 1.165) is 0 Å². The van der Waals surface area contributed by atoms with Crippen molar-refractivity contribution in [3.8, 4) is 0 Å². The maximum absolute atomic E-state index is 12.9. The summed E-state index contributed by atoms with van der Waals surface area (Å²) < 4.78 is 12.9. The normalized spacial score (nSPS) is 18.1. The van der Waals surface area contributed by atoms with Gasteiger partial charge in [-0.3, -0.25) is 14.4 Å². The summed E-state index contributed by atoms with van der Waals surface area (Å²) in [5, 5.41) is 11.6. The predicted molar refractivity (Wildman–Crippen MR) is 81.3 cm³/mol. The Bertz CT molecular complexity index is 627. The first-order valence-corrected chi connectivity index (χ1v) is 7.30. The zero-order chi connectivity index (χ0) is 17.2. The number of nitrogens with zero attached hydrogens (tertiary/aromatic N) is 1. The van der Waals surface area contributed by atoms with Crippen LogP contribution in [0, 0.1) is 17.2 Å². The first-order chi connectivity index (χ1) is 10.7. The molecule has 0 aromatic heterocycles. The molecule has 124 valence electrons. The Morgan fingerprint density at radius 2 is 1.96 bits per heavy atom. The standard InChI is InChI=1S/C16H19FN2O4/c1-16(2,15(22)23)9-18-13(20)12-7-8-19(14(12)21)11-5-3-10(17)4-6-11/h3-6,12H,7-9H2,1-2H3,(H,18,20)(H,22,23).